The van der Waals surface area contributed by atoms with Crippen LogP contribution in [-0.4, -0.2) is 28.6 Å². The van der Waals surface area contributed by atoms with Crippen molar-refractivity contribution in [3.63, 3.8) is 0 Å². The number of rotatable bonds is 2. The molecule has 1 N–H and O–H groups in total. The summed E-state index contributed by atoms with van der Waals surface area (Å²) in [5.74, 6) is -0.755. The Morgan fingerprint density at radius 2 is 2.06 bits per heavy atom. The Hall–Kier alpha value is -1.35. The van der Waals surface area contributed by atoms with Gasteiger partial charge in [0.25, 0.3) is 0 Å². The molecule has 1 saturated carbocycles. The number of fused-ring (bicyclic) bond motifs is 1. The fourth-order valence-electron chi connectivity index (χ4n) is 2.65. The van der Waals surface area contributed by atoms with E-state index in [4.69, 9.17) is 5.11 Å². The molecule has 0 aromatic heterocycles. The van der Waals surface area contributed by atoms with Crippen molar-refractivity contribution in [1.29, 1.82) is 0 Å². The molecule has 16 heavy (non-hydrogen) atoms. The first-order valence-electron chi connectivity index (χ1n) is 5.79. The average molecular weight is 217 g/mol. The molecule has 0 spiro atoms. The minimum atomic E-state index is -0.635. The quantitative estimate of drug-likeness (QED) is 0.816. The zero-order valence-corrected chi connectivity index (χ0v) is 9.10. The smallest absolute Gasteiger partial charge is 0.308 e. The van der Waals surface area contributed by atoms with Gasteiger partial charge in [-0.25, -0.2) is 0 Å². The lowest BCUT2D eigenvalue weighted by molar-refractivity contribution is -0.139. The minimum Gasteiger partial charge on any atom is -0.481 e. The summed E-state index contributed by atoms with van der Waals surface area (Å²) in [5, 5.41) is 8.92. The van der Waals surface area contributed by atoms with Gasteiger partial charge in [0.15, 0.2) is 0 Å². The topological polar surface area (TPSA) is 40.5 Å². The summed E-state index contributed by atoms with van der Waals surface area (Å²) in [7, 11) is 0. The second kappa shape index (κ2) is 3.59. The molecule has 2 unspecified atom stereocenters. The van der Waals surface area contributed by atoms with Gasteiger partial charge < -0.3 is 5.11 Å². The monoisotopic (exact) mass is 217 g/mol. The maximum absolute atomic E-state index is 10.8. The van der Waals surface area contributed by atoms with Crippen molar-refractivity contribution in [2.45, 2.75) is 25.4 Å². The van der Waals surface area contributed by atoms with Gasteiger partial charge in [-0.2, -0.15) is 0 Å². The Balaban J connectivity index is 1.72. The van der Waals surface area contributed by atoms with Crippen molar-refractivity contribution in [1.82, 2.24) is 4.90 Å². The van der Waals surface area contributed by atoms with Gasteiger partial charge in [0.2, 0.25) is 0 Å². The largest absolute Gasteiger partial charge is 0.481 e. The van der Waals surface area contributed by atoms with Crippen LogP contribution in [0.15, 0.2) is 24.3 Å². The number of hydrogen-bond acceptors (Lipinski definition) is 2. The summed E-state index contributed by atoms with van der Waals surface area (Å²) >= 11 is 0. The van der Waals surface area contributed by atoms with Gasteiger partial charge in [-0.15, -0.1) is 0 Å². The van der Waals surface area contributed by atoms with Gasteiger partial charge >= 0.3 is 5.97 Å². The van der Waals surface area contributed by atoms with E-state index >= 15 is 0 Å². The van der Waals surface area contributed by atoms with Crippen LogP contribution < -0.4 is 0 Å². The van der Waals surface area contributed by atoms with E-state index in [9.17, 15) is 4.79 Å². The lowest BCUT2D eigenvalue weighted by Gasteiger charge is -2.28. The third-order valence-electron chi connectivity index (χ3n) is 3.70. The highest BCUT2D eigenvalue weighted by Crippen LogP contribution is 2.38. The Morgan fingerprint density at radius 3 is 2.75 bits per heavy atom. The molecule has 1 heterocycles. The SMILES string of the molecule is O=C(O)C1CC1N1CCc2ccccc2C1. The Morgan fingerprint density at radius 1 is 1.31 bits per heavy atom. The molecule has 1 aromatic carbocycles. The molecule has 0 radical (unpaired) electrons. The van der Waals surface area contributed by atoms with Gasteiger partial charge in [0.1, 0.15) is 0 Å². The van der Waals surface area contributed by atoms with Crippen molar-refractivity contribution in [3.8, 4) is 0 Å². The minimum absolute atomic E-state index is 0.120. The van der Waals surface area contributed by atoms with Gasteiger partial charge in [-0.3, -0.25) is 9.69 Å². The third kappa shape index (κ3) is 1.61. The fourth-order valence-corrected chi connectivity index (χ4v) is 2.65. The Labute approximate surface area is 94.7 Å². The first kappa shape index (κ1) is 9.85. The van der Waals surface area contributed by atoms with Crippen LogP contribution in [0.4, 0.5) is 0 Å². The number of aliphatic carboxylic acids is 1. The first-order valence-corrected chi connectivity index (χ1v) is 5.79. The molecule has 0 saturated heterocycles. The van der Waals surface area contributed by atoms with Crippen LogP contribution in [0.25, 0.3) is 0 Å². The van der Waals surface area contributed by atoms with Crippen molar-refractivity contribution >= 4 is 5.97 Å². The molecular formula is C13H15NO2. The molecule has 3 heteroatoms. The van der Waals surface area contributed by atoms with Crippen molar-refractivity contribution in [3.05, 3.63) is 35.4 Å². The normalized spacial score (nSPS) is 28.5. The molecule has 3 rings (SSSR count). The average Bonchev–Trinajstić information content (AvgIpc) is 3.08. The molecule has 2 atom stereocenters. The Kier molecular flexibility index (Phi) is 2.21. The number of carboxylic acids is 1. The van der Waals surface area contributed by atoms with Crippen molar-refractivity contribution in [2.24, 2.45) is 5.92 Å². The van der Waals surface area contributed by atoms with Crippen LogP contribution in [0.1, 0.15) is 17.5 Å². The predicted octanol–water partition coefficient (Wildman–Crippen LogP) is 1.52. The molecule has 0 bridgehead atoms. The second-order valence-electron chi connectivity index (χ2n) is 4.74. The van der Waals surface area contributed by atoms with Crippen LogP contribution in [0, 0.1) is 5.92 Å². The predicted molar refractivity (Wildman–Crippen MR) is 60.1 cm³/mol. The first-order chi connectivity index (χ1) is 7.75. The summed E-state index contributed by atoms with van der Waals surface area (Å²) < 4.78 is 0. The maximum atomic E-state index is 10.8. The highest BCUT2D eigenvalue weighted by Gasteiger charge is 2.47. The standard InChI is InChI=1S/C13H15NO2/c15-13(16)11-7-12(11)14-6-5-9-3-1-2-4-10(9)8-14/h1-4,11-12H,5-8H2,(H,15,16). The van der Waals surface area contributed by atoms with E-state index in [1.807, 2.05) is 0 Å². The van der Waals surface area contributed by atoms with E-state index in [2.05, 4.69) is 29.2 Å². The second-order valence-corrected chi connectivity index (χ2v) is 4.74. The summed E-state index contributed by atoms with van der Waals surface area (Å²) in [6.45, 7) is 1.93. The highest BCUT2D eigenvalue weighted by atomic mass is 16.4. The van der Waals surface area contributed by atoms with Crippen LogP contribution in [0.2, 0.25) is 0 Å². The number of nitrogens with zero attached hydrogens (tertiary/aromatic N) is 1. The molecule has 0 amide bonds. The molecule has 3 nitrogen and oxygen atoms in total. The van der Waals surface area contributed by atoms with E-state index in [0.717, 1.165) is 25.9 Å². The molecular weight excluding hydrogens is 202 g/mol. The van der Waals surface area contributed by atoms with Gasteiger partial charge in [0, 0.05) is 19.1 Å². The molecule has 1 aliphatic heterocycles. The van der Waals surface area contributed by atoms with Gasteiger partial charge in [0.05, 0.1) is 5.92 Å². The van der Waals surface area contributed by atoms with Crippen LogP contribution >= 0.6 is 0 Å². The lowest BCUT2D eigenvalue weighted by Crippen LogP contribution is -2.34. The zero-order chi connectivity index (χ0) is 11.1. The van der Waals surface area contributed by atoms with E-state index in [0.29, 0.717) is 0 Å². The lowest BCUT2D eigenvalue weighted by atomic mass is 10.00. The van der Waals surface area contributed by atoms with Crippen LogP contribution in [0.5, 0.6) is 0 Å². The van der Waals surface area contributed by atoms with E-state index in [1.165, 1.54) is 11.1 Å². The Bertz CT molecular complexity index is 430. The van der Waals surface area contributed by atoms with Gasteiger partial charge in [-0.05, 0) is 24.0 Å². The molecule has 1 aromatic rings. The number of benzene rings is 1. The fraction of sp³-hybridized carbons (Fsp3) is 0.462. The third-order valence-corrected chi connectivity index (χ3v) is 3.70. The van der Waals surface area contributed by atoms with E-state index < -0.39 is 5.97 Å². The number of hydrogen-bond donors (Lipinski definition) is 1. The summed E-state index contributed by atoms with van der Waals surface area (Å²) in [6.07, 6.45) is 1.89. The molecule has 2 aliphatic rings. The van der Waals surface area contributed by atoms with Crippen molar-refractivity contribution < 1.29 is 9.90 Å². The maximum Gasteiger partial charge on any atom is 0.308 e. The van der Waals surface area contributed by atoms with E-state index in [-0.39, 0.29) is 12.0 Å². The van der Waals surface area contributed by atoms with Crippen molar-refractivity contribution in [2.75, 3.05) is 6.54 Å². The summed E-state index contributed by atoms with van der Waals surface area (Å²) in [4.78, 5) is 13.2. The van der Waals surface area contributed by atoms with Crippen LogP contribution in [-0.2, 0) is 17.8 Å². The molecule has 1 aliphatic carbocycles. The molecule has 1 fully saturated rings. The highest BCUT2D eigenvalue weighted by molar-refractivity contribution is 5.74. The van der Waals surface area contributed by atoms with Gasteiger partial charge in [-0.1, -0.05) is 24.3 Å². The summed E-state index contributed by atoms with van der Waals surface area (Å²) in [5.41, 5.74) is 2.79. The van der Waals surface area contributed by atoms with Crippen LogP contribution in [0.3, 0.4) is 0 Å². The summed E-state index contributed by atoms with van der Waals surface area (Å²) in [6, 6.07) is 8.74. The number of carbonyl (C=O) groups is 1. The zero-order valence-electron chi connectivity index (χ0n) is 9.10. The molecule has 84 valence electrons. The number of carboxylic acid groups (broad SMARTS) is 1. The van der Waals surface area contributed by atoms with E-state index in [1.54, 1.807) is 0 Å².